The summed E-state index contributed by atoms with van der Waals surface area (Å²) < 4.78 is 31.9. The maximum Gasteiger partial charge on any atom is 0.244 e. The van der Waals surface area contributed by atoms with Crippen molar-refractivity contribution >= 4 is 44.0 Å². The van der Waals surface area contributed by atoms with Gasteiger partial charge < -0.3 is 10.1 Å². The van der Waals surface area contributed by atoms with Crippen molar-refractivity contribution in [2.45, 2.75) is 19.4 Å². The smallest absolute Gasteiger partial charge is 0.244 e. The maximum atomic E-state index is 12.8. The van der Waals surface area contributed by atoms with Gasteiger partial charge in [0.2, 0.25) is 15.9 Å². The van der Waals surface area contributed by atoms with Crippen LogP contribution in [0, 0.1) is 0 Å². The quantitative estimate of drug-likeness (QED) is 0.485. The predicted molar refractivity (Wildman–Crippen MR) is 125 cm³/mol. The second-order valence-electron chi connectivity index (χ2n) is 7.08. The number of anilines is 1. The molecule has 0 bridgehead atoms. The van der Waals surface area contributed by atoms with Gasteiger partial charge in [0.15, 0.2) is 0 Å². The summed E-state index contributed by atoms with van der Waals surface area (Å²) in [6, 6.07) is 19.2. The molecular formula is C23H25ClN2O4S. The molecule has 0 spiro atoms. The van der Waals surface area contributed by atoms with Gasteiger partial charge in [-0.2, -0.15) is 0 Å². The van der Waals surface area contributed by atoms with Gasteiger partial charge in [-0.25, -0.2) is 8.42 Å². The molecule has 0 aliphatic carbocycles. The summed E-state index contributed by atoms with van der Waals surface area (Å²) in [4.78, 5) is 12.8. The largest absolute Gasteiger partial charge is 0.491 e. The van der Waals surface area contributed by atoms with E-state index in [1.165, 1.54) is 0 Å². The highest BCUT2D eigenvalue weighted by molar-refractivity contribution is 7.92. The molecule has 3 rings (SSSR count). The summed E-state index contributed by atoms with van der Waals surface area (Å²) in [5.41, 5.74) is 0.390. The molecule has 0 saturated carbocycles. The van der Waals surface area contributed by atoms with Crippen molar-refractivity contribution in [1.82, 2.24) is 5.32 Å². The standard InChI is InChI=1S/C23H25ClN2O4S/c1-3-21(26(31(2,28)29)19-13-11-18(24)12-14-19)23(27)25-15-16-30-22-10-6-8-17-7-4-5-9-20(17)22/h4-14,21H,3,15-16H2,1-2H3,(H,25,27). The molecule has 31 heavy (non-hydrogen) atoms. The zero-order valence-corrected chi connectivity index (χ0v) is 19.0. The Kier molecular flexibility index (Phi) is 7.41. The summed E-state index contributed by atoms with van der Waals surface area (Å²) in [7, 11) is -3.69. The van der Waals surface area contributed by atoms with Crippen LogP contribution < -0.4 is 14.4 Å². The molecule has 0 saturated heterocycles. The number of sulfonamides is 1. The zero-order chi connectivity index (χ0) is 22.4. The molecule has 6 nitrogen and oxygen atoms in total. The number of carbonyl (C=O) groups excluding carboxylic acids is 1. The number of nitrogens with one attached hydrogen (secondary N) is 1. The molecule has 164 valence electrons. The van der Waals surface area contributed by atoms with Gasteiger partial charge in [0.05, 0.1) is 18.5 Å². The van der Waals surface area contributed by atoms with Crippen molar-refractivity contribution in [3.63, 3.8) is 0 Å². The highest BCUT2D eigenvalue weighted by Crippen LogP contribution is 2.26. The molecule has 1 unspecified atom stereocenters. The van der Waals surface area contributed by atoms with E-state index in [0.717, 1.165) is 27.1 Å². The van der Waals surface area contributed by atoms with Gasteiger partial charge in [-0.3, -0.25) is 9.10 Å². The van der Waals surface area contributed by atoms with Crippen LogP contribution in [-0.4, -0.2) is 39.8 Å². The number of rotatable bonds is 9. The highest BCUT2D eigenvalue weighted by Gasteiger charge is 2.31. The Labute approximate surface area is 187 Å². The lowest BCUT2D eigenvalue weighted by atomic mass is 10.1. The van der Waals surface area contributed by atoms with Crippen molar-refractivity contribution in [1.29, 1.82) is 0 Å². The van der Waals surface area contributed by atoms with Crippen LogP contribution >= 0.6 is 11.6 Å². The van der Waals surface area contributed by atoms with Gasteiger partial charge in [-0.1, -0.05) is 54.9 Å². The van der Waals surface area contributed by atoms with E-state index in [-0.39, 0.29) is 19.1 Å². The number of nitrogens with zero attached hydrogens (tertiary/aromatic N) is 1. The lowest BCUT2D eigenvalue weighted by Crippen LogP contribution is -2.50. The number of hydrogen-bond acceptors (Lipinski definition) is 4. The number of hydrogen-bond donors (Lipinski definition) is 1. The van der Waals surface area contributed by atoms with Gasteiger partial charge in [-0.15, -0.1) is 0 Å². The first kappa shape index (κ1) is 22.9. The number of amides is 1. The van der Waals surface area contributed by atoms with Crippen molar-refractivity contribution in [3.05, 3.63) is 71.8 Å². The zero-order valence-electron chi connectivity index (χ0n) is 17.4. The van der Waals surface area contributed by atoms with Gasteiger partial charge in [0.1, 0.15) is 18.4 Å². The first-order chi connectivity index (χ1) is 14.8. The third-order valence-corrected chi connectivity index (χ3v) is 6.25. The lowest BCUT2D eigenvalue weighted by molar-refractivity contribution is -0.122. The second kappa shape index (κ2) is 10.0. The topological polar surface area (TPSA) is 75.7 Å². The number of ether oxygens (including phenoxy) is 1. The molecule has 0 aliphatic rings. The normalized spacial score (nSPS) is 12.4. The van der Waals surface area contributed by atoms with E-state index in [1.54, 1.807) is 31.2 Å². The first-order valence-electron chi connectivity index (χ1n) is 9.94. The summed E-state index contributed by atoms with van der Waals surface area (Å²) in [5.74, 6) is 0.350. The molecule has 1 amide bonds. The van der Waals surface area contributed by atoms with Crippen molar-refractivity contribution in [2.24, 2.45) is 0 Å². The van der Waals surface area contributed by atoms with E-state index in [1.807, 2.05) is 42.5 Å². The van der Waals surface area contributed by atoms with E-state index < -0.39 is 16.1 Å². The molecule has 3 aromatic carbocycles. The van der Waals surface area contributed by atoms with Crippen LogP contribution in [0.5, 0.6) is 5.75 Å². The highest BCUT2D eigenvalue weighted by atomic mass is 35.5. The minimum atomic E-state index is -3.69. The molecular weight excluding hydrogens is 436 g/mol. The summed E-state index contributed by atoms with van der Waals surface area (Å²) in [6.07, 6.45) is 1.40. The minimum absolute atomic E-state index is 0.247. The Hall–Kier alpha value is -2.77. The van der Waals surface area contributed by atoms with Crippen LogP contribution in [0.25, 0.3) is 10.8 Å². The molecule has 1 N–H and O–H groups in total. The van der Waals surface area contributed by atoms with Crippen LogP contribution in [0.15, 0.2) is 66.7 Å². The Bertz CT molecular complexity index is 1140. The summed E-state index contributed by atoms with van der Waals surface area (Å²) in [5, 5.41) is 5.34. The molecule has 0 heterocycles. The van der Waals surface area contributed by atoms with E-state index in [9.17, 15) is 13.2 Å². The maximum absolute atomic E-state index is 12.8. The van der Waals surface area contributed by atoms with Gasteiger partial charge in [-0.05, 0) is 42.1 Å². The van der Waals surface area contributed by atoms with E-state index >= 15 is 0 Å². The third kappa shape index (κ3) is 5.68. The molecule has 0 radical (unpaired) electrons. The summed E-state index contributed by atoms with van der Waals surface area (Å²) >= 11 is 5.92. The fourth-order valence-electron chi connectivity index (χ4n) is 3.42. The van der Waals surface area contributed by atoms with Crippen molar-refractivity contribution in [2.75, 3.05) is 23.7 Å². The number of benzene rings is 3. The Balaban J connectivity index is 1.66. The van der Waals surface area contributed by atoms with Gasteiger partial charge in [0.25, 0.3) is 0 Å². The Morgan fingerprint density at radius 2 is 1.74 bits per heavy atom. The molecule has 1 atom stereocenters. The molecule has 3 aromatic rings. The van der Waals surface area contributed by atoms with Crippen LogP contribution in [0.3, 0.4) is 0 Å². The van der Waals surface area contributed by atoms with Crippen LogP contribution in [-0.2, 0) is 14.8 Å². The minimum Gasteiger partial charge on any atom is -0.491 e. The predicted octanol–water partition coefficient (Wildman–Crippen LogP) is 4.23. The van der Waals surface area contributed by atoms with E-state index in [2.05, 4.69) is 5.32 Å². The van der Waals surface area contributed by atoms with E-state index in [0.29, 0.717) is 17.1 Å². The molecule has 0 aliphatic heterocycles. The second-order valence-corrected chi connectivity index (χ2v) is 9.37. The average Bonchev–Trinajstić information content (AvgIpc) is 2.75. The van der Waals surface area contributed by atoms with Gasteiger partial charge in [0, 0.05) is 10.4 Å². The Morgan fingerprint density at radius 3 is 2.42 bits per heavy atom. The van der Waals surface area contributed by atoms with Crippen molar-refractivity contribution < 1.29 is 17.9 Å². The molecule has 8 heteroatoms. The third-order valence-electron chi connectivity index (χ3n) is 4.82. The molecule has 0 aromatic heterocycles. The number of fused-ring (bicyclic) bond motifs is 1. The first-order valence-corrected chi connectivity index (χ1v) is 12.2. The monoisotopic (exact) mass is 460 g/mol. The SMILES string of the molecule is CCC(C(=O)NCCOc1cccc2ccccc12)N(c1ccc(Cl)cc1)S(C)(=O)=O. The van der Waals surface area contributed by atoms with Crippen LogP contribution in [0.4, 0.5) is 5.69 Å². The average molecular weight is 461 g/mol. The van der Waals surface area contributed by atoms with Crippen molar-refractivity contribution in [3.8, 4) is 5.75 Å². The van der Waals surface area contributed by atoms with Crippen LogP contribution in [0.2, 0.25) is 5.02 Å². The number of halogens is 1. The fraction of sp³-hybridized carbons (Fsp3) is 0.261. The fourth-order valence-corrected chi connectivity index (χ4v) is 4.76. The lowest BCUT2D eigenvalue weighted by Gasteiger charge is -2.30. The number of carbonyl (C=O) groups is 1. The van der Waals surface area contributed by atoms with E-state index in [4.69, 9.17) is 16.3 Å². The van der Waals surface area contributed by atoms with Gasteiger partial charge >= 0.3 is 0 Å². The van der Waals surface area contributed by atoms with Crippen LogP contribution in [0.1, 0.15) is 13.3 Å². The molecule has 0 fully saturated rings. The summed E-state index contributed by atoms with van der Waals surface area (Å²) in [6.45, 7) is 2.28. The Morgan fingerprint density at radius 1 is 1.06 bits per heavy atom.